The molecule has 4 N–H and O–H groups in total. The maximum atomic E-state index is 11.9. The van der Waals surface area contributed by atoms with Gasteiger partial charge in [-0.1, -0.05) is 36.4 Å². The highest BCUT2D eigenvalue weighted by atomic mass is 16.7. The van der Waals surface area contributed by atoms with Gasteiger partial charge in [-0.05, 0) is 29.2 Å². The van der Waals surface area contributed by atoms with Crippen molar-refractivity contribution in [2.75, 3.05) is 0 Å². The van der Waals surface area contributed by atoms with E-state index < -0.39 is 18.2 Å². The second kappa shape index (κ2) is 9.12. The van der Waals surface area contributed by atoms with Gasteiger partial charge in [0.2, 0.25) is 0 Å². The second-order valence-corrected chi connectivity index (χ2v) is 6.36. The van der Waals surface area contributed by atoms with Crippen LogP contribution in [0.25, 0.3) is 10.9 Å². The molecular weight excluding hydrogens is 362 g/mol. The van der Waals surface area contributed by atoms with E-state index in [1.54, 1.807) is 18.3 Å². The summed E-state index contributed by atoms with van der Waals surface area (Å²) in [5, 5.41) is 17.3. The zero-order chi connectivity index (χ0) is 19.9. The zero-order valence-corrected chi connectivity index (χ0v) is 15.1. The van der Waals surface area contributed by atoms with Crippen LogP contribution in [0.5, 0.6) is 0 Å². The molecule has 0 aliphatic carbocycles. The Hall–Kier alpha value is -3.23. The van der Waals surface area contributed by atoms with E-state index in [4.69, 9.17) is 10.5 Å². The molecule has 0 aliphatic rings. The van der Waals surface area contributed by atoms with Crippen LogP contribution in [0.4, 0.5) is 4.79 Å². The van der Waals surface area contributed by atoms with Gasteiger partial charge in [-0.25, -0.2) is 4.79 Å². The molecule has 0 saturated heterocycles. The predicted octanol–water partition coefficient (Wildman–Crippen LogP) is 2.20. The van der Waals surface area contributed by atoms with Crippen molar-refractivity contribution < 1.29 is 24.2 Å². The van der Waals surface area contributed by atoms with Crippen LogP contribution in [0.2, 0.25) is 0 Å². The van der Waals surface area contributed by atoms with Gasteiger partial charge in [0.05, 0.1) is 24.7 Å². The molecule has 0 spiro atoms. The molecule has 0 fully saturated rings. The molecule has 1 aromatic heterocycles. The highest BCUT2D eigenvalue weighted by Crippen LogP contribution is 2.22. The maximum absolute atomic E-state index is 11.9. The van der Waals surface area contributed by atoms with Crippen LogP contribution in [0.3, 0.4) is 0 Å². The number of aromatic amines is 1. The number of carbonyl (C=O) groups excluding carboxylic acids is 2. The van der Waals surface area contributed by atoms with Crippen LogP contribution < -0.4 is 5.73 Å². The first-order chi connectivity index (χ1) is 13.6. The van der Waals surface area contributed by atoms with Crippen LogP contribution in [0.1, 0.15) is 23.1 Å². The predicted molar refractivity (Wildman–Crippen MR) is 101 cm³/mol. The molecule has 0 bridgehead atoms. The van der Waals surface area contributed by atoms with E-state index in [1.807, 2.05) is 30.3 Å². The lowest BCUT2D eigenvalue weighted by atomic mass is 9.97. The quantitative estimate of drug-likeness (QED) is 0.421. The van der Waals surface area contributed by atoms with E-state index >= 15 is 0 Å². The Morgan fingerprint density at radius 2 is 1.96 bits per heavy atom. The standard InChI is InChI=1S/C20H21N3O5/c21-15(8-14-6-7-18-16(10-22-23-18)17(14)11-24)9-19(25)28-20(26)27-12-13-4-2-1-3-5-13/h1-7,10,15,24H,8-9,11-12,21H2,(H,22,23)/t15-/m1/s1. The van der Waals surface area contributed by atoms with Crippen molar-refractivity contribution >= 4 is 23.0 Å². The van der Waals surface area contributed by atoms with Crippen LogP contribution in [0.15, 0.2) is 48.7 Å². The molecule has 0 amide bonds. The average Bonchev–Trinajstić information content (AvgIpc) is 3.15. The van der Waals surface area contributed by atoms with E-state index in [1.165, 1.54) is 0 Å². The van der Waals surface area contributed by atoms with Crippen molar-refractivity contribution in [2.24, 2.45) is 5.73 Å². The monoisotopic (exact) mass is 383 g/mol. The summed E-state index contributed by atoms with van der Waals surface area (Å²) in [6.07, 6.45) is 0.754. The van der Waals surface area contributed by atoms with Crippen LogP contribution in [-0.4, -0.2) is 33.5 Å². The zero-order valence-electron chi connectivity index (χ0n) is 15.1. The van der Waals surface area contributed by atoms with Crippen LogP contribution in [0, 0.1) is 0 Å². The topological polar surface area (TPSA) is 128 Å². The third-order valence-corrected chi connectivity index (χ3v) is 4.30. The molecule has 1 atom stereocenters. The summed E-state index contributed by atoms with van der Waals surface area (Å²) in [5.41, 5.74) is 9.14. The van der Waals surface area contributed by atoms with Crippen molar-refractivity contribution in [3.63, 3.8) is 0 Å². The Morgan fingerprint density at radius 3 is 2.71 bits per heavy atom. The first-order valence-electron chi connectivity index (χ1n) is 8.78. The van der Waals surface area contributed by atoms with Crippen molar-refractivity contribution in [3.8, 4) is 0 Å². The Labute approximate surface area is 161 Å². The van der Waals surface area contributed by atoms with Gasteiger partial charge in [-0.15, -0.1) is 0 Å². The molecular formula is C20H21N3O5. The number of nitrogens with zero attached hydrogens (tertiary/aromatic N) is 1. The average molecular weight is 383 g/mol. The number of fused-ring (bicyclic) bond motifs is 1. The minimum atomic E-state index is -1.06. The van der Waals surface area contributed by atoms with Crippen LogP contribution >= 0.6 is 0 Å². The molecule has 0 saturated carbocycles. The number of carbonyl (C=O) groups is 2. The number of nitrogens with one attached hydrogen (secondary N) is 1. The molecule has 0 radical (unpaired) electrons. The molecule has 2 aromatic carbocycles. The smallest absolute Gasteiger partial charge is 0.429 e. The summed E-state index contributed by atoms with van der Waals surface area (Å²) >= 11 is 0. The fraction of sp³-hybridized carbons (Fsp3) is 0.250. The van der Waals surface area contributed by atoms with Gasteiger partial charge in [-0.2, -0.15) is 5.10 Å². The lowest BCUT2D eigenvalue weighted by molar-refractivity contribution is -0.140. The van der Waals surface area contributed by atoms with E-state index in [0.717, 1.165) is 22.0 Å². The lowest BCUT2D eigenvalue weighted by Crippen LogP contribution is -2.28. The maximum Gasteiger partial charge on any atom is 0.516 e. The number of H-pyrrole nitrogens is 1. The number of aliphatic hydroxyl groups excluding tert-OH is 1. The first kappa shape index (κ1) is 19.5. The molecule has 28 heavy (non-hydrogen) atoms. The fourth-order valence-electron chi connectivity index (χ4n) is 2.95. The number of hydrogen-bond donors (Lipinski definition) is 3. The number of nitrogens with two attached hydrogens (primary N) is 1. The van der Waals surface area contributed by atoms with E-state index in [0.29, 0.717) is 12.0 Å². The molecule has 3 rings (SSSR count). The Kier molecular flexibility index (Phi) is 6.36. The molecule has 0 aliphatic heterocycles. The third kappa shape index (κ3) is 4.93. The summed E-state index contributed by atoms with van der Waals surface area (Å²) in [5.74, 6) is -0.763. The van der Waals surface area contributed by atoms with Gasteiger partial charge in [0.25, 0.3) is 0 Å². The normalized spacial score (nSPS) is 11.9. The Balaban J connectivity index is 1.51. The van der Waals surface area contributed by atoms with Gasteiger partial charge in [-0.3, -0.25) is 9.89 Å². The number of esters is 1. The van der Waals surface area contributed by atoms with Crippen molar-refractivity contribution in [1.82, 2.24) is 10.2 Å². The summed E-state index contributed by atoms with van der Waals surface area (Å²) in [6.45, 7) is -0.154. The minimum Gasteiger partial charge on any atom is -0.429 e. The number of aromatic nitrogens is 2. The van der Waals surface area contributed by atoms with Crippen molar-refractivity contribution in [1.29, 1.82) is 0 Å². The van der Waals surface area contributed by atoms with E-state index in [9.17, 15) is 14.7 Å². The largest absolute Gasteiger partial charge is 0.516 e. The van der Waals surface area contributed by atoms with Crippen LogP contribution in [-0.2, 0) is 33.9 Å². The molecule has 3 aromatic rings. The van der Waals surface area contributed by atoms with Gasteiger partial charge in [0.15, 0.2) is 0 Å². The summed E-state index contributed by atoms with van der Waals surface area (Å²) in [4.78, 5) is 23.6. The molecule has 1 heterocycles. The van der Waals surface area contributed by atoms with Crippen molar-refractivity contribution in [2.45, 2.75) is 32.1 Å². The van der Waals surface area contributed by atoms with E-state index in [-0.39, 0.29) is 19.6 Å². The highest BCUT2D eigenvalue weighted by Gasteiger charge is 2.18. The van der Waals surface area contributed by atoms with Gasteiger partial charge >= 0.3 is 12.1 Å². The van der Waals surface area contributed by atoms with Gasteiger partial charge in [0, 0.05) is 11.4 Å². The Bertz CT molecular complexity index is 955. The fourth-order valence-corrected chi connectivity index (χ4v) is 2.95. The third-order valence-electron chi connectivity index (χ3n) is 4.30. The minimum absolute atomic E-state index is 0.0174. The summed E-state index contributed by atoms with van der Waals surface area (Å²) in [7, 11) is 0. The summed E-state index contributed by atoms with van der Waals surface area (Å²) in [6, 6.07) is 12.1. The number of rotatable bonds is 7. The SMILES string of the molecule is N[C@@H](CC(=O)OC(=O)OCc1ccccc1)Cc1ccc2[nH]ncc2c1CO. The molecule has 8 heteroatoms. The second-order valence-electron chi connectivity index (χ2n) is 6.36. The van der Waals surface area contributed by atoms with Crippen molar-refractivity contribution in [3.05, 3.63) is 65.4 Å². The number of aliphatic hydroxyl groups is 1. The molecule has 146 valence electrons. The Morgan fingerprint density at radius 1 is 1.18 bits per heavy atom. The highest BCUT2D eigenvalue weighted by molar-refractivity contribution is 5.83. The van der Waals surface area contributed by atoms with Gasteiger partial charge in [0.1, 0.15) is 6.61 Å². The van der Waals surface area contributed by atoms with Gasteiger partial charge < -0.3 is 20.3 Å². The first-order valence-corrected chi connectivity index (χ1v) is 8.78. The number of benzene rings is 2. The lowest BCUT2D eigenvalue weighted by Gasteiger charge is -2.14. The van der Waals surface area contributed by atoms with E-state index in [2.05, 4.69) is 14.9 Å². The molecule has 8 nitrogen and oxygen atoms in total. The molecule has 0 unspecified atom stereocenters. The number of hydrogen-bond acceptors (Lipinski definition) is 7. The summed E-state index contributed by atoms with van der Waals surface area (Å²) < 4.78 is 9.56. The number of ether oxygens (including phenoxy) is 2.